The molecule has 88 valence electrons. The van der Waals surface area contributed by atoms with Crippen molar-refractivity contribution in [2.75, 3.05) is 0 Å². The lowest BCUT2D eigenvalue weighted by molar-refractivity contribution is 0.276. The molecule has 17 heavy (non-hydrogen) atoms. The summed E-state index contributed by atoms with van der Waals surface area (Å²) in [5, 5.41) is 8.91. The highest BCUT2D eigenvalue weighted by atomic mass is 19.1. The van der Waals surface area contributed by atoms with E-state index in [1.54, 1.807) is 6.07 Å². The maximum Gasteiger partial charge on any atom is 0.129 e. The minimum atomic E-state index is -0.357. The predicted octanol–water partition coefficient (Wildman–Crippen LogP) is 3.55. The number of benzene rings is 2. The van der Waals surface area contributed by atoms with Gasteiger partial charge in [-0.05, 0) is 29.2 Å². The fourth-order valence-electron chi connectivity index (χ4n) is 1.79. The van der Waals surface area contributed by atoms with E-state index in [1.807, 2.05) is 30.3 Å². The van der Waals surface area contributed by atoms with Crippen LogP contribution in [0.5, 0.6) is 0 Å². The second-order valence-electron chi connectivity index (χ2n) is 4.01. The minimum Gasteiger partial charge on any atom is -0.392 e. The first-order chi connectivity index (χ1) is 8.24. The summed E-state index contributed by atoms with van der Waals surface area (Å²) in [4.78, 5) is 0. The van der Waals surface area contributed by atoms with Gasteiger partial charge in [0.2, 0.25) is 0 Å². The average molecular weight is 230 g/mol. The average Bonchev–Trinajstić information content (AvgIpc) is 2.39. The van der Waals surface area contributed by atoms with Gasteiger partial charge in [-0.25, -0.2) is 4.39 Å². The van der Waals surface area contributed by atoms with E-state index < -0.39 is 0 Å². The lowest BCUT2D eigenvalue weighted by Gasteiger charge is -2.05. The van der Waals surface area contributed by atoms with E-state index in [0.717, 1.165) is 17.5 Å². The smallest absolute Gasteiger partial charge is 0.129 e. The maximum atomic E-state index is 13.5. The minimum absolute atomic E-state index is 0.263. The molecule has 0 saturated heterocycles. The molecular formula is C15H15FO. The van der Waals surface area contributed by atoms with Crippen molar-refractivity contribution in [3.05, 3.63) is 59.4 Å². The lowest BCUT2D eigenvalue weighted by Crippen LogP contribution is -1.90. The van der Waals surface area contributed by atoms with Crippen LogP contribution in [0.1, 0.15) is 18.1 Å². The first-order valence-corrected chi connectivity index (χ1v) is 5.73. The maximum absolute atomic E-state index is 13.5. The van der Waals surface area contributed by atoms with Gasteiger partial charge >= 0.3 is 0 Å². The van der Waals surface area contributed by atoms with E-state index >= 15 is 0 Å². The number of aliphatic hydroxyl groups is 1. The van der Waals surface area contributed by atoms with E-state index in [2.05, 4.69) is 6.92 Å². The van der Waals surface area contributed by atoms with Gasteiger partial charge in [-0.1, -0.05) is 43.3 Å². The highest BCUT2D eigenvalue weighted by Gasteiger charge is 2.04. The Hall–Kier alpha value is -1.67. The van der Waals surface area contributed by atoms with Crippen molar-refractivity contribution in [3.63, 3.8) is 0 Å². The van der Waals surface area contributed by atoms with Crippen LogP contribution < -0.4 is 0 Å². The van der Waals surface area contributed by atoms with Crippen molar-refractivity contribution in [2.45, 2.75) is 20.0 Å². The summed E-state index contributed by atoms with van der Waals surface area (Å²) in [5.41, 5.74) is 3.42. The Labute approximate surface area is 101 Å². The number of aryl methyl sites for hydroxylation is 1. The summed E-state index contributed by atoms with van der Waals surface area (Å²) >= 11 is 0. The number of halogens is 1. The molecule has 2 rings (SSSR count). The zero-order valence-electron chi connectivity index (χ0n) is 9.78. The summed E-state index contributed by atoms with van der Waals surface area (Å²) in [6.45, 7) is 1.84. The van der Waals surface area contributed by atoms with Crippen LogP contribution in [0.15, 0.2) is 42.5 Å². The van der Waals surface area contributed by atoms with Crippen LogP contribution in [-0.4, -0.2) is 5.11 Å². The molecule has 0 amide bonds. The van der Waals surface area contributed by atoms with Crippen LogP contribution in [0, 0.1) is 5.82 Å². The van der Waals surface area contributed by atoms with Crippen LogP contribution in [0.25, 0.3) is 11.1 Å². The largest absolute Gasteiger partial charge is 0.392 e. The molecule has 0 spiro atoms. The molecule has 2 aromatic carbocycles. The van der Waals surface area contributed by atoms with Gasteiger partial charge in [0, 0.05) is 5.56 Å². The van der Waals surface area contributed by atoms with Crippen LogP contribution in [0.4, 0.5) is 4.39 Å². The van der Waals surface area contributed by atoms with Crippen LogP contribution in [-0.2, 0) is 13.0 Å². The molecule has 0 fully saturated rings. The third kappa shape index (κ3) is 2.53. The van der Waals surface area contributed by atoms with E-state index in [1.165, 1.54) is 11.6 Å². The number of hydrogen-bond donors (Lipinski definition) is 1. The number of aliphatic hydroxyl groups excluding tert-OH is 1. The summed E-state index contributed by atoms with van der Waals surface area (Å²) < 4.78 is 13.5. The zero-order valence-corrected chi connectivity index (χ0v) is 9.78. The van der Waals surface area contributed by atoms with Crippen molar-refractivity contribution in [1.29, 1.82) is 0 Å². The predicted molar refractivity (Wildman–Crippen MR) is 67.1 cm³/mol. The molecule has 0 aliphatic carbocycles. The molecule has 0 unspecified atom stereocenters. The second kappa shape index (κ2) is 5.11. The summed E-state index contributed by atoms with van der Waals surface area (Å²) in [5.74, 6) is -0.357. The fraction of sp³-hybridized carbons (Fsp3) is 0.200. The Balaban J connectivity index is 2.35. The van der Waals surface area contributed by atoms with Gasteiger partial charge in [-0.2, -0.15) is 0 Å². The van der Waals surface area contributed by atoms with Crippen LogP contribution in [0.3, 0.4) is 0 Å². The lowest BCUT2D eigenvalue weighted by atomic mass is 10.0. The van der Waals surface area contributed by atoms with E-state index in [9.17, 15) is 4.39 Å². The number of hydrogen-bond acceptors (Lipinski definition) is 1. The van der Waals surface area contributed by atoms with Gasteiger partial charge in [0.05, 0.1) is 6.61 Å². The van der Waals surface area contributed by atoms with E-state index in [-0.39, 0.29) is 12.4 Å². The zero-order chi connectivity index (χ0) is 12.3. The van der Waals surface area contributed by atoms with Crippen molar-refractivity contribution >= 4 is 0 Å². The fourth-order valence-corrected chi connectivity index (χ4v) is 1.79. The highest BCUT2D eigenvalue weighted by Crippen LogP contribution is 2.22. The molecule has 1 N–H and O–H groups in total. The van der Waals surface area contributed by atoms with Crippen LogP contribution >= 0.6 is 0 Å². The summed E-state index contributed by atoms with van der Waals surface area (Å²) in [6.07, 6.45) is 0.998. The molecule has 2 aromatic rings. The Kier molecular flexibility index (Phi) is 3.55. The quantitative estimate of drug-likeness (QED) is 0.855. The SMILES string of the molecule is CCc1ccc(-c2ccc(CO)c(F)c2)cc1. The third-order valence-electron chi connectivity index (χ3n) is 2.92. The van der Waals surface area contributed by atoms with Gasteiger partial charge in [0.25, 0.3) is 0 Å². The second-order valence-corrected chi connectivity index (χ2v) is 4.01. The standard InChI is InChI=1S/C15H15FO/c1-2-11-3-5-12(6-4-11)13-7-8-14(10-17)15(16)9-13/h3-9,17H,2,10H2,1H3. The van der Waals surface area contributed by atoms with Crippen molar-refractivity contribution < 1.29 is 9.50 Å². The summed E-state index contributed by atoms with van der Waals surface area (Å²) in [6, 6.07) is 13.0. The van der Waals surface area contributed by atoms with Gasteiger partial charge in [0.1, 0.15) is 5.82 Å². The molecule has 0 radical (unpaired) electrons. The Morgan fingerprint density at radius 1 is 1.00 bits per heavy atom. The van der Waals surface area contributed by atoms with Gasteiger partial charge in [-0.15, -0.1) is 0 Å². The van der Waals surface area contributed by atoms with Crippen molar-refractivity contribution in [1.82, 2.24) is 0 Å². The monoisotopic (exact) mass is 230 g/mol. The highest BCUT2D eigenvalue weighted by molar-refractivity contribution is 5.64. The molecule has 0 heterocycles. The third-order valence-corrected chi connectivity index (χ3v) is 2.92. The van der Waals surface area contributed by atoms with Crippen molar-refractivity contribution in [3.8, 4) is 11.1 Å². The molecule has 0 aliphatic rings. The van der Waals surface area contributed by atoms with Gasteiger partial charge < -0.3 is 5.11 Å². The molecule has 1 nitrogen and oxygen atoms in total. The van der Waals surface area contributed by atoms with Crippen LogP contribution in [0.2, 0.25) is 0 Å². The molecule has 0 saturated carbocycles. The van der Waals surface area contributed by atoms with Crippen molar-refractivity contribution in [2.24, 2.45) is 0 Å². The van der Waals surface area contributed by atoms with E-state index in [0.29, 0.717) is 5.56 Å². The number of rotatable bonds is 3. The molecule has 0 bridgehead atoms. The Morgan fingerprint density at radius 2 is 1.65 bits per heavy atom. The molecular weight excluding hydrogens is 215 g/mol. The Bertz CT molecular complexity index is 503. The molecule has 0 aromatic heterocycles. The first kappa shape index (κ1) is 11.8. The van der Waals surface area contributed by atoms with Gasteiger partial charge in [-0.3, -0.25) is 0 Å². The summed E-state index contributed by atoms with van der Waals surface area (Å²) in [7, 11) is 0. The van der Waals surface area contributed by atoms with E-state index in [4.69, 9.17) is 5.11 Å². The van der Waals surface area contributed by atoms with Gasteiger partial charge in [0.15, 0.2) is 0 Å². The molecule has 2 heteroatoms. The first-order valence-electron chi connectivity index (χ1n) is 5.73. The topological polar surface area (TPSA) is 20.2 Å². The molecule has 0 atom stereocenters. The normalized spacial score (nSPS) is 10.5. The molecule has 0 aliphatic heterocycles. The Morgan fingerprint density at radius 3 is 2.18 bits per heavy atom.